The molecule has 10 heteroatoms. The molecule has 33 heavy (non-hydrogen) atoms. The van der Waals surface area contributed by atoms with E-state index in [4.69, 9.17) is 9.84 Å². The van der Waals surface area contributed by atoms with Gasteiger partial charge >= 0.3 is 11.7 Å². The van der Waals surface area contributed by atoms with Gasteiger partial charge in [-0.3, -0.25) is 23.6 Å². The fourth-order valence-electron chi connectivity index (χ4n) is 4.34. The number of ether oxygens (including phenoxy) is 1. The normalized spacial score (nSPS) is 14.7. The first-order valence-electron chi connectivity index (χ1n) is 10.9. The second kappa shape index (κ2) is 9.80. The summed E-state index contributed by atoms with van der Waals surface area (Å²) in [6, 6.07) is 7.94. The Morgan fingerprint density at radius 1 is 1.06 bits per heavy atom. The van der Waals surface area contributed by atoms with E-state index in [0.717, 1.165) is 42.5 Å². The SMILES string of the molecule is COc1ccccc1N1CCN(CCn2c(=O)c3c(C)scc3n(CCC(=O)O)c2=O)CC1. The second-order valence-electron chi connectivity index (χ2n) is 8.09. The van der Waals surface area contributed by atoms with Crippen molar-refractivity contribution in [2.75, 3.05) is 44.7 Å². The smallest absolute Gasteiger partial charge is 0.331 e. The summed E-state index contributed by atoms with van der Waals surface area (Å²) in [5.74, 6) is -0.133. The van der Waals surface area contributed by atoms with Crippen LogP contribution in [0.3, 0.4) is 0 Å². The van der Waals surface area contributed by atoms with E-state index in [1.807, 2.05) is 31.2 Å². The molecule has 0 radical (unpaired) electrons. The summed E-state index contributed by atoms with van der Waals surface area (Å²) in [6.07, 6.45) is -0.174. The number of anilines is 1. The second-order valence-corrected chi connectivity index (χ2v) is 9.17. The summed E-state index contributed by atoms with van der Waals surface area (Å²) in [4.78, 5) is 42.6. The zero-order valence-electron chi connectivity index (χ0n) is 18.8. The zero-order valence-corrected chi connectivity index (χ0v) is 19.6. The molecule has 1 aromatic carbocycles. The van der Waals surface area contributed by atoms with E-state index >= 15 is 0 Å². The van der Waals surface area contributed by atoms with Crippen molar-refractivity contribution in [3.05, 3.63) is 55.4 Å². The highest BCUT2D eigenvalue weighted by Crippen LogP contribution is 2.28. The van der Waals surface area contributed by atoms with Gasteiger partial charge in [-0.2, -0.15) is 0 Å². The van der Waals surface area contributed by atoms with Crippen molar-refractivity contribution in [1.29, 1.82) is 0 Å². The summed E-state index contributed by atoms with van der Waals surface area (Å²) in [6.45, 7) is 5.98. The predicted octanol–water partition coefficient (Wildman–Crippen LogP) is 1.84. The first-order valence-corrected chi connectivity index (χ1v) is 11.8. The van der Waals surface area contributed by atoms with Crippen LogP contribution in [0.15, 0.2) is 39.2 Å². The largest absolute Gasteiger partial charge is 0.495 e. The van der Waals surface area contributed by atoms with Gasteiger partial charge in [-0.15, -0.1) is 11.3 Å². The first kappa shape index (κ1) is 23.1. The van der Waals surface area contributed by atoms with Crippen molar-refractivity contribution in [3.63, 3.8) is 0 Å². The third-order valence-corrected chi connectivity index (χ3v) is 7.05. The van der Waals surface area contributed by atoms with E-state index in [0.29, 0.717) is 17.4 Å². The maximum atomic E-state index is 13.1. The van der Waals surface area contributed by atoms with Gasteiger partial charge < -0.3 is 14.7 Å². The third-order valence-electron chi connectivity index (χ3n) is 6.15. The molecule has 1 fully saturated rings. The minimum absolute atomic E-state index is 0.0404. The Balaban J connectivity index is 1.50. The van der Waals surface area contributed by atoms with Crippen LogP contribution in [-0.4, -0.2) is 64.9 Å². The lowest BCUT2D eigenvalue weighted by Gasteiger charge is -2.36. The minimum atomic E-state index is -0.979. The van der Waals surface area contributed by atoms with Crippen LogP contribution in [0.4, 0.5) is 5.69 Å². The fraction of sp³-hybridized carbons (Fsp3) is 0.435. The van der Waals surface area contributed by atoms with E-state index in [1.165, 1.54) is 20.5 Å². The number of piperazine rings is 1. The molecule has 0 amide bonds. The lowest BCUT2D eigenvalue weighted by Crippen LogP contribution is -2.49. The molecule has 2 aromatic heterocycles. The maximum absolute atomic E-state index is 13.1. The van der Waals surface area contributed by atoms with Crippen LogP contribution in [0.1, 0.15) is 11.3 Å². The maximum Gasteiger partial charge on any atom is 0.331 e. The van der Waals surface area contributed by atoms with Crippen molar-refractivity contribution in [1.82, 2.24) is 14.0 Å². The van der Waals surface area contributed by atoms with Crippen LogP contribution in [0, 0.1) is 6.92 Å². The monoisotopic (exact) mass is 472 g/mol. The van der Waals surface area contributed by atoms with E-state index in [9.17, 15) is 14.4 Å². The van der Waals surface area contributed by atoms with Crippen molar-refractivity contribution >= 4 is 33.9 Å². The summed E-state index contributed by atoms with van der Waals surface area (Å²) in [7, 11) is 1.67. The number of carboxylic acid groups (broad SMARTS) is 1. The number of hydrogen-bond donors (Lipinski definition) is 1. The molecule has 0 aliphatic carbocycles. The number of aromatic nitrogens is 2. The van der Waals surface area contributed by atoms with Gasteiger partial charge in [0.05, 0.1) is 30.1 Å². The molecule has 3 aromatic rings. The number of benzene rings is 1. The Morgan fingerprint density at radius 3 is 2.48 bits per heavy atom. The Kier molecular flexibility index (Phi) is 6.85. The Hall–Kier alpha value is -3.11. The number of rotatable bonds is 8. The molecule has 0 bridgehead atoms. The third kappa shape index (κ3) is 4.67. The lowest BCUT2D eigenvalue weighted by molar-refractivity contribution is -0.137. The number of carbonyl (C=O) groups is 1. The van der Waals surface area contributed by atoms with Crippen molar-refractivity contribution in [2.45, 2.75) is 26.4 Å². The molecule has 1 saturated heterocycles. The molecule has 1 aliphatic heterocycles. The molecule has 1 N–H and O–H groups in total. The standard InChI is InChI=1S/C23H28N4O5S/c1-16-21-18(15-33-16)26(8-7-20(28)29)23(31)27(22(21)30)14-11-24-9-12-25(13-10-24)17-5-3-4-6-19(17)32-2/h3-6,15H,7-14H2,1-2H3,(H,28,29). The fourth-order valence-corrected chi connectivity index (χ4v) is 5.18. The van der Waals surface area contributed by atoms with Crippen LogP contribution in [0.25, 0.3) is 10.9 Å². The average molecular weight is 473 g/mol. The molecule has 176 valence electrons. The number of methoxy groups -OCH3 is 1. The van der Waals surface area contributed by atoms with Crippen LogP contribution in [0.5, 0.6) is 5.75 Å². The molecular weight excluding hydrogens is 444 g/mol. The average Bonchev–Trinajstić information content (AvgIpc) is 3.20. The highest BCUT2D eigenvalue weighted by Gasteiger charge is 2.21. The topological polar surface area (TPSA) is 97.0 Å². The van der Waals surface area contributed by atoms with Gasteiger partial charge in [0, 0.05) is 56.1 Å². The lowest BCUT2D eigenvalue weighted by atomic mass is 10.2. The number of carboxylic acids is 1. The highest BCUT2D eigenvalue weighted by atomic mass is 32.1. The number of aryl methyl sites for hydroxylation is 2. The summed E-state index contributed by atoms with van der Waals surface area (Å²) < 4.78 is 8.16. The molecular formula is C23H28N4O5S. The summed E-state index contributed by atoms with van der Waals surface area (Å²) >= 11 is 1.40. The van der Waals surface area contributed by atoms with Crippen molar-refractivity contribution in [3.8, 4) is 5.75 Å². The number of nitrogens with zero attached hydrogens (tertiary/aromatic N) is 4. The molecule has 3 heterocycles. The Labute approximate surface area is 195 Å². The number of para-hydroxylation sites is 2. The van der Waals surface area contributed by atoms with Gasteiger partial charge in [-0.1, -0.05) is 12.1 Å². The molecule has 0 unspecified atom stereocenters. The van der Waals surface area contributed by atoms with Gasteiger partial charge in [-0.25, -0.2) is 4.79 Å². The zero-order chi connectivity index (χ0) is 23.5. The van der Waals surface area contributed by atoms with E-state index < -0.39 is 11.7 Å². The predicted molar refractivity (Wildman–Crippen MR) is 129 cm³/mol. The van der Waals surface area contributed by atoms with E-state index in [-0.39, 0.29) is 25.1 Å². The van der Waals surface area contributed by atoms with Gasteiger partial charge in [0.1, 0.15) is 5.75 Å². The number of thiophene rings is 1. The van der Waals surface area contributed by atoms with E-state index in [2.05, 4.69) is 9.80 Å². The quantitative estimate of drug-likeness (QED) is 0.534. The molecule has 4 rings (SSSR count). The molecule has 1 aliphatic rings. The molecule has 0 atom stereocenters. The molecule has 0 saturated carbocycles. The molecule has 0 spiro atoms. The van der Waals surface area contributed by atoms with E-state index in [1.54, 1.807) is 12.5 Å². The first-order chi connectivity index (χ1) is 15.9. The van der Waals surface area contributed by atoms with Crippen LogP contribution in [0.2, 0.25) is 0 Å². The molecule has 9 nitrogen and oxygen atoms in total. The van der Waals surface area contributed by atoms with Crippen LogP contribution in [-0.2, 0) is 17.9 Å². The van der Waals surface area contributed by atoms with Gasteiger partial charge in [0.25, 0.3) is 5.56 Å². The summed E-state index contributed by atoms with van der Waals surface area (Å²) in [5.41, 5.74) is 0.846. The van der Waals surface area contributed by atoms with Crippen molar-refractivity contribution < 1.29 is 14.6 Å². The summed E-state index contributed by atoms with van der Waals surface area (Å²) in [5, 5.41) is 11.3. The van der Waals surface area contributed by atoms with Crippen LogP contribution >= 0.6 is 11.3 Å². The number of aliphatic carboxylic acids is 1. The van der Waals surface area contributed by atoms with Gasteiger partial charge in [0.2, 0.25) is 0 Å². The Bertz CT molecular complexity index is 1270. The number of hydrogen-bond acceptors (Lipinski definition) is 7. The highest BCUT2D eigenvalue weighted by molar-refractivity contribution is 7.11. The van der Waals surface area contributed by atoms with Crippen LogP contribution < -0.4 is 20.9 Å². The Morgan fingerprint density at radius 2 is 1.79 bits per heavy atom. The van der Waals surface area contributed by atoms with Gasteiger partial charge in [0.15, 0.2) is 0 Å². The number of fused-ring (bicyclic) bond motifs is 1. The van der Waals surface area contributed by atoms with Crippen molar-refractivity contribution in [2.24, 2.45) is 0 Å². The minimum Gasteiger partial charge on any atom is -0.495 e. The van der Waals surface area contributed by atoms with Gasteiger partial charge in [-0.05, 0) is 19.1 Å².